The highest BCUT2D eigenvalue weighted by Crippen LogP contribution is 2.10. The Hall–Kier alpha value is -2.32. The van der Waals surface area contributed by atoms with Crippen molar-refractivity contribution in [2.24, 2.45) is 5.73 Å². The Morgan fingerprint density at radius 3 is 2.80 bits per heavy atom. The number of amides is 1. The monoisotopic (exact) mass is 274 g/mol. The van der Waals surface area contributed by atoms with Gasteiger partial charge in [0.1, 0.15) is 0 Å². The second kappa shape index (κ2) is 7.97. The number of hydrogen-bond donors (Lipinski definition) is 2. The summed E-state index contributed by atoms with van der Waals surface area (Å²) in [6, 6.07) is 5.42. The van der Waals surface area contributed by atoms with E-state index in [2.05, 4.69) is 21.9 Å². The molecular formula is C15H18N2O3. The van der Waals surface area contributed by atoms with E-state index in [-0.39, 0.29) is 31.4 Å². The highest BCUT2D eigenvalue weighted by atomic mass is 16.5. The van der Waals surface area contributed by atoms with Gasteiger partial charge in [-0.15, -0.1) is 0 Å². The number of hydrogen-bond acceptors (Lipinski definition) is 4. The molecule has 0 unspecified atom stereocenters. The second-order valence-electron chi connectivity index (χ2n) is 4.14. The summed E-state index contributed by atoms with van der Waals surface area (Å²) in [5.74, 6) is 4.96. The van der Waals surface area contributed by atoms with Gasteiger partial charge in [-0.1, -0.05) is 23.5 Å². The van der Waals surface area contributed by atoms with Crippen LogP contribution in [0.1, 0.15) is 27.9 Å². The SMILES string of the molecule is COC(=O)CCNC(=O)c1cc(C)ccc1C#CCN. The molecule has 0 aliphatic carbocycles. The summed E-state index contributed by atoms with van der Waals surface area (Å²) in [5.41, 5.74) is 7.40. The molecule has 5 heteroatoms. The maximum absolute atomic E-state index is 12.1. The molecule has 1 rings (SSSR count). The first-order chi connectivity index (χ1) is 9.58. The second-order valence-corrected chi connectivity index (χ2v) is 4.14. The Kier molecular flexibility index (Phi) is 6.27. The molecule has 0 aliphatic rings. The molecule has 3 N–H and O–H groups in total. The quantitative estimate of drug-likeness (QED) is 0.622. The maximum Gasteiger partial charge on any atom is 0.307 e. The molecule has 1 aromatic rings. The Labute approximate surface area is 118 Å². The lowest BCUT2D eigenvalue weighted by Crippen LogP contribution is -2.27. The number of carbonyl (C=O) groups is 2. The van der Waals surface area contributed by atoms with Crippen molar-refractivity contribution in [3.05, 3.63) is 34.9 Å². The molecule has 0 heterocycles. The van der Waals surface area contributed by atoms with E-state index in [4.69, 9.17) is 5.73 Å². The van der Waals surface area contributed by atoms with Crippen molar-refractivity contribution in [1.82, 2.24) is 5.32 Å². The fourth-order valence-electron chi connectivity index (χ4n) is 1.58. The van der Waals surface area contributed by atoms with Crippen molar-refractivity contribution in [2.45, 2.75) is 13.3 Å². The zero-order valence-electron chi connectivity index (χ0n) is 11.7. The van der Waals surface area contributed by atoms with Gasteiger partial charge in [0.25, 0.3) is 5.91 Å². The number of nitrogens with one attached hydrogen (secondary N) is 1. The Bertz CT molecular complexity index is 556. The standard InChI is InChI=1S/C15H18N2O3/c1-11-5-6-12(4-3-8-16)13(10-11)15(19)17-9-7-14(18)20-2/h5-6,10H,7-9,16H2,1-2H3,(H,17,19). The Morgan fingerprint density at radius 2 is 2.15 bits per heavy atom. The van der Waals surface area contributed by atoms with Crippen molar-refractivity contribution in [1.29, 1.82) is 0 Å². The summed E-state index contributed by atoms with van der Waals surface area (Å²) < 4.78 is 4.51. The van der Waals surface area contributed by atoms with Crippen LogP contribution < -0.4 is 11.1 Å². The van der Waals surface area contributed by atoms with Crippen LogP contribution in [-0.2, 0) is 9.53 Å². The molecule has 0 spiro atoms. The average Bonchev–Trinajstić information content (AvgIpc) is 2.45. The van der Waals surface area contributed by atoms with Gasteiger partial charge in [0.2, 0.25) is 0 Å². The van der Waals surface area contributed by atoms with Crippen molar-refractivity contribution in [3.63, 3.8) is 0 Å². The minimum atomic E-state index is -0.363. The van der Waals surface area contributed by atoms with E-state index in [1.165, 1.54) is 7.11 Å². The minimum absolute atomic E-state index is 0.137. The normalized spacial score (nSPS) is 9.35. The summed E-state index contributed by atoms with van der Waals surface area (Å²) in [6.45, 7) is 2.35. The van der Waals surface area contributed by atoms with Crippen LogP contribution in [0, 0.1) is 18.8 Å². The first kappa shape index (κ1) is 15.7. The van der Waals surface area contributed by atoms with Gasteiger partial charge in [0.05, 0.1) is 25.6 Å². The molecule has 0 radical (unpaired) electrons. The number of methoxy groups -OCH3 is 1. The Morgan fingerprint density at radius 1 is 1.40 bits per heavy atom. The van der Waals surface area contributed by atoms with Gasteiger partial charge in [0, 0.05) is 12.1 Å². The number of ether oxygens (including phenoxy) is 1. The number of esters is 1. The van der Waals surface area contributed by atoms with Crippen LogP contribution in [0.3, 0.4) is 0 Å². The molecule has 0 fully saturated rings. The molecule has 1 amide bonds. The number of nitrogens with two attached hydrogens (primary N) is 1. The maximum atomic E-state index is 12.1. The van der Waals surface area contributed by atoms with E-state index in [1.807, 2.05) is 13.0 Å². The van der Waals surface area contributed by atoms with Gasteiger partial charge in [-0.25, -0.2) is 0 Å². The molecule has 20 heavy (non-hydrogen) atoms. The molecule has 0 bridgehead atoms. The summed E-state index contributed by atoms with van der Waals surface area (Å²) >= 11 is 0. The van der Waals surface area contributed by atoms with E-state index >= 15 is 0 Å². The molecule has 1 aromatic carbocycles. The fraction of sp³-hybridized carbons (Fsp3) is 0.333. The number of carbonyl (C=O) groups excluding carboxylic acids is 2. The first-order valence-corrected chi connectivity index (χ1v) is 6.23. The van der Waals surface area contributed by atoms with E-state index in [9.17, 15) is 9.59 Å². The van der Waals surface area contributed by atoms with E-state index in [1.54, 1.807) is 12.1 Å². The van der Waals surface area contributed by atoms with Gasteiger partial charge >= 0.3 is 5.97 Å². The average molecular weight is 274 g/mol. The predicted molar refractivity (Wildman–Crippen MR) is 76.1 cm³/mol. The predicted octanol–water partition coefficient (Wildman–Crippen LogP) is 0.598. The van der Waals surface area contributed by atoms with Gasteiger partial charge in [-0.3, -0.25) is 9.59 Å². The largest absolute Gasteiger partial charge is 0.469 e. The lowest BCUT2D eigenvalue weighted by molar-refractivity contribution is -0.140. The molecule has 0 atom stereocenters. The van der Waals surface area contributed by atoms with Crippen LogP contribution in [0.15, 0.2) is 18.2 Å². The first-order valence-electron chi connectivity index (χ1n) is 6.23. The van der Waals surface area contributed by atoms with Crippen molar-refractivity contribution in [3.8, 4) is 11.8 Å². The highest BCUT2D eigenvalue weighted by Gasteiger charge is 2.11. The van der Waals surface area contributed by atoms with Crippen LogP contribution in [0.4, 0.5) is 0 Å². The molecule has 0 saturated carbocycles. The molecule has 106 valence electrons. The molecule has 5 nitrogen and oxygen atoms in total. The van der Waals surface area contributed by atoms with Crippen LogP contribution in [-0.4, -0.2) is 32.1 Å². The summed E-state index contributed by atoms with van der Waals surface area (Å²) in [4.78, 5) is 23.1. The third kappa shape index (κ3) is 4.75. The summed E-state index contributed by atoms with van der Waals surface area (Å²) in [5, 5.41) is 2.67. The molecule has 0 saturated heterocycles. The van der Waals surface area contributed by atoms with E-state index in [0.717, 1.165) is 5.56 Å². The van der Waals surface area contributed by atoms with Gasteiger partial charge < -0.3 is 15.8 Å². The number of rotatable bonds is 4. The van der Waals surface area contributed by atoms with E-state index in [0.29, 0.717) is 11.1 Å². The third-order valence-corrected chi connectivity index (χ3v) is 2.59. The summed E-state index contributed by atoms with van der Waals surface area (Å²) in [6.07, 6.45) is 0.137. The summed E-state index contributed by atoms with van der Waals surface area (Å²) in [7, 11) is 1.31. The molecule has 0 aliphatic heterocycles. The fourth-order valence-corrected chi connectivity index (χ4v) is 1.58. The lowest BCUT2D eigenvalue weighted by Gasteiger charge is -2.07. The minimum Gasteiger partial charge on any atom is -0.469 e. The van der Waals surface area contributed by atoms with Crippen LogP contribution in [0.25, 0.3) is 0 Å². The van der Waals surface area contributed by atoms with Crippen LogP contribution in [0.2, 0.25) is 0 Å². The number of benzene rings is 1. The third-order valence-electron chi connectivity index (χ3n) is 2.59. The highest BCUT2D eigenvalue weighted by molar-refractivity contribution is 5.97. The number of aryl methyl sites for hydroxylation is 1. The van der Waals surface area contributed by atoms with Gasteiger partial charge in [-0.05, 0) is 19.1 Å². The molecule has 0 aromatic heterocycles. The lowest BCUT2D eigenvalue weighted by atomic mass is 10.0. The molecular weight excluding hydrogens is 256 g/mol. The zero-order chi connectivity index (χ0) is 15.0. The topological polar surface area (TPSA) is 81.4 Å². The van der Waals surface area contributed by atoms with Gasteiger partial charge in [0.15, 0.2) is 0 Å². The van der Waals surface area contributed by atoms with E-state index < -0.39 is 0 Å². The van der Waals surface area contributed by atoms with Crippen molar-refractivity contribution < 1.29 is 14.3 Å². The van der Waals surface area contributed by atoms with Crippen molar-refractivity contribution >= 4 is 11.9 Å². The van der Waals surface area contributed by atoms with Crippen molar-refractivity contribution in [2.75, 3.05) is 20.2 Å². The van der Waals surface area contributed by atoms with Gasteiger partial charge in [-0.2, -0.15) is 0 Å². The smallest absolute Gasteiger partial charge is 0.307 e. The van der Waals surface area contributed by atoms with Crippen LogP contribution >= 0.6 is 0 Å². The Balaban J connectivity index is 2.80. The zero-order valence-corrected chi connectivity index (χ0v) is 11.7. The van der Waals surface area contributed by atoms with Crippen LogP contribution in [0.5, 0.6) is 0 Å².